The van der Waals surface area contributed by atoms with Gasteiger partial charge in [0.2, 0.25) is 0 Å². The van der Waals surface area contributed by atoms with Crippen molar-refractivity contribution >= 4 is 0 Å². The zero-order chi connectivity index (χ0) is 13.1. The molecule has 1 spiro atoms. The molecule has 1 saturated carbocycles. The summed E-state index contributed by atoms with van der Waals surface area (Å²) in [6.45, 7) is 7.13. The Hall–Kier alpha value is -0.160. The van der Waals surface area contributed by atoms with Gasteiger partial charge in [-0.05, 0) is 24.7 Å². The first kappa shape index (κ1) is 14.3. The summed E-state index contributed by atoms with van der Waals surface area (Å²) in [5.41, 5.74) is 0.171. The van der Waals surface area contributed by atoms with Crippen LogP contribution in [0.15, 0.2) is 0 Å². The van der Waals surface area contributed by atoms with Crippen LogP contribution in [0.1, 0.15) is 46.0 Å². The van der Waals surface area contributed by atoms with Gasteiger partial charge in [-0.2, -0.15) is 0 Å². The molecule has 1 saturated heterocycles. The Balaban J connectivity index is 1.70. The highest BCUT2D eigenvalue weighted by atomic mass is 16.7. The molecular weight excluding hydrogens is 230 g/mol. The van der Waals surface area contributed by atoms with Crippen molar-refractivity contribution in [1.29, 1.82) is 0 Å². The first-order chi connectivity index (χ1) is 8.55. The maximum atomic E-state index is 9.02. The van der Waals surface area contributed by atoms with Gasteiger partial charge in [0.25, 0.3) is 0 Å². The van der Waals surface area contributed by atoms with Crippen LogP contribution in [0, 0.1) is 5.41 Å². The molecule has 0 atom stereocenters. The van der Waals surface area contributed by atoms with Crippen molar-refractivity contribution in [1.82, 2.24) is 5.32 Å². The summed E-state index contributed by atoms with van der Waals surface area (Å²) < 4.78 is 11.5. The number of aliphatic hydroxyl groups excluding tert-OH is 1. The molecule has 1 aliphatic heterocycles. The molecule has 2 rings (SSSR count). The minimum atomic E-state index is -0.251. The smallest absolute Gasteiger partial charge is 0.168 e. The van der Waals surface area contributed by atoms with Gasteiger partial charge in [-0.15, -0.1) is 0 Å². The Kier molecular flexibility index (Phi) is 4.64. The van der Waals surface area contributed by atoms with Crippen LogP contribution in [0.2, 0.25) is 0 Å². The number of ether oxygens (including phenoxy) is 2. The average Bonchev–Trinajstić information content (AvgIpc) is 2.77. The predicted molar refractivity (Wildman–Crippen MR) is 70.4 cm³/mol. The Bertz CT molecular complexity index is 252. The van der Waals surface area contributed by atoms with Gasteiger partial charge < -0.3 is 19.9 Å². The summed E-state index contributed by atoms with van der Waals surface area (Å²) in [6.07, 6.45) is 5.10. The zero-order valence-electron chi connectivity index (χ0n) is 11.7. The zero-order valence-corrected chi connectivity index (χ0v) is 11.7. The highest BCUT2D eigenvalue weighted by molar-refractivity contribution is 4.86. The molecule has 1 aliphatic carbocycles. The third-order valence-electron chi connectivity index (χ3n) is 4.22. The van der Waals surface area contributed by atoms with Crippen molar-refractivity contribution in [3.63, 3.8) is 0 Å². The monoisotopic (exact) mass is 257 g/mol. The highest BCUT2D eigenvalue weighted by Gasteiger charge is 2.40. The third kappa shape index (κ3) is 3.67. The third-order valence-corrected chi connectivity index (χ3v) is 4.22. The molecule has 4 nitrogen and oxygen atoms in total. The first-order valence-electron chi connectivity index (χ1n) is 7.17. The second-order valence-electron chi connectivity index (χ2n) is 6.40. The summed E-state index contributed by atoms with van der Waals surface area (Å²) in [5.74, 6) is -0.251. The lowest BCUT2D eigenvalue weighted by Crippen LogP contribution is -2.44. The van der Waals surface area contributed by atoms with E-state index in [-0.39, 0.29) is 17.8 Å². The fraction of sp³-hybridized carbons (Fsp3) is 1.00. The van der Waals surface area contributed by atoms with E-state index in [0.717, 1.165) is 51.9 Å². The molecule has 4 heteroatoms. The normalized spacial score (nSPS) is 24.8. The van der Waals surface area contributed by atoms with E-state index in [4.69, 9.17) is 14.6 Å². The minimum Gasteiger partial charge on any atom is -0.396 e. The van der Waals surface area contributed by atoms with Gasteiger partial charge in [-0.1, -0.05) is 13.8 Å². The Morgan fingerprint density at radius 3 is 2.39 bits per heavy atom. The van der Waals surface area contributed by atoms with Crippen LogP contribution >= 0.6 is 0 Å². The van der Waals surface area contributed by atoms with Gasteiger partial charge in [0, 0.05) is 32.0 Å². The molecule has 106 valence electrons. The number of hydrogen-bond donors (Lipinski definition) is 2. The van der Waals surface area contributed by atoms with Gasteiger partial charge >= 0.3 is 0 Å². The van der Waals surface area contributed by atoms with E-state index in [1.165, 1.54) is 0 Å². The van der Waals surface area contributed by atoms with Crippen LogP contribution in [-0.4, -0.2) is 43.3 Å². The SMILES string of the molecule is CC(C)(CCO)CNC1CCC2(CC1)OCCO2. The molecular formula is C14H27NO3. The molecule has 0 unspecified atom stereocenters. The fourth-order valence-electron chi connectivity index (χ4n) is 2.86. The van der Waals surface area contributed by atoms with Crippen LogP contribution in [0.4, 0.5) is 0 Å². The minimum absolute atomic E-state index is 0.171. The fourth-order valence-corrected chi connectivity index (χ4v) is 2.86. The van der Waals surface area contributed by atoms with Crippen molar-refractivity contribution in [2.45, 2.75) is 57.8 Å². The summed E-state index contributed by atoms with van der Waals surface area (Å²) in [7, 11) is 0. The predicted octanol–water partition coefficient (Wildman–Crippen LogP) is 1.67. The number of hydrogen-bond acceptors (Lipinski definition) is 4. The quantitative estimate of drug-likeness (QED) is 0.786. The van der Waals surface area contributed by atoms with Crippen LogP contribution in [-0.2, 0) is 9.47 Å². The molecule has 0 bridgehead atoms. The summed E-state index contributed by atoms with van der Waals surface area (Å²) in [4.78, 5) is 0. The molecule has 2 fully saturated rings. The summed E-state index contributed by atoms with van der Waals surface area (Å²) >= 11 is 0. The Labute approximate surface area is 110 Å². The second-order valence-corrected chi connectivity index (χ2v) is 6.40. The largest absolute Gasteiger partial charge is 0.396 e. The first-order valence-corrected chi connectivity index (χ1v) is 7.17. The van der Waals surface area contributed by atoms with Gasteiger partial charge in [-0.25, -0.2) is 0 Å². The molecule has 18 heavy (non-hydrogen) atoms. The Morgan fingerprint density at radius 2 is 1.83 bits per heavy atom. The maximum absolute atomic E-state index is 9.02. The topological polar surface area (TPSA) is 50.7 Å². The molecule has 0 aromatic carbocycles. The number of aliphatic hydroxyl groups is 1. The molecule has 1 heterocycles. The van der Waals surface area contributed by atoms with Crippen LogP contribution < -0.4 is 5.32 Å². The van der Waals surface area contributed by atoms with Gasteiger partial charge in [0.05, 0.1) is 13.2 Å². The van der Waals surface area contributed by atoms with E-state index < -0.39 is 0 Å². The van der Waals surface area contributed by atoms with Crippen molar-refractivity contribution in [3.8, 4) is 0 Å². The molecule has 0 aromatic rings. The average molecular weight is 257 g/mol. The lowest BCUT2D eigenvalue weighted by atomic mass is 9.86. The maximum Gasteiger partial charge on any atom is 0.168 e. The van der Waals surface area contributed by atoms with Gasteiger partial charge in [-0.3, -0.25) is 0 Å². The summed E-state index contributed by atoms with van der Waals surface area (Å²) in [5, 5.41) is 12.6. The summed E-state index contributed by atoms with van der Waals surface area (Å²) in [6, 6.07) is 0.571. The Morgan fingerprint density at radius 1 is 1.22 bits per heavy atom. The second kappa shape index (κ2) is 5.87. The van der Waals surface area contributed by atoms with Crippen LogP contribution in [0.5, 0.6) is 0 Å². The molecule has 2 aliphatic rings. The molecule has 2 N–H and O–H groups in total. The van der Waals surface area contributed by atoms with E-state index in [1.807, 2.05) is 0 Å². The molecule has 0 radical (unpaired) electrons. The lowest BCUT2D eigenvalue weighted by molar-refractivity contribution is -0.179. The van der Waals surface area contributed by atoms with Gasteiger partial charge in [0.15, 0.2) is 5.79 Å². The van der Waals surface area contributed by atoms with Crippen LogP contribution in [0.3, 0.4) is 0 Å². The number of rotatable bonds is 5. The van der Waals surface area contributed by atoms with E-state index in [9.17, 15) is 0 Å². The van der Waals surface area contributed by atoms with Crippen molar-refractivity contribution in [2.75, 3.05) is 26.4 Å². The molecule has 0 amide bonds. The number of nitrogens with one attached hydrogen (secondary N) is 1. The highest BCUT2D eigenvalue weighted by Crippen LogP contribution is 2.35. The van der Waals surface area contributed by atoms with Crippen molar-refractivity contribution in [3.05, 3.63) is 0 Å². The lowest BCUT2D eigenvalue weighted by Gasteiger charge is -2.37. The van der Waals surface area contributed by atoms with Crippen molar-refractivity contribution in [2.24, 2.45) is 5.41 Å². The van der Waals surface area contributed by atoms with E-state index in [0.29, 0.717) is 6.04 Å². The van der Waals surface area contributed by atoms with Crippen LogP contribution in [0.25, 0.3) is 0 Å². The van der Waals surface area contributed by atoms with E-state index >= 15 is 0 Å². The van der Waals surface area contributed by atoms with E-state index in [2.05, 4.69) is 19.2 Å². The molecule has 0 aromatic heterocycles. The van der Waals surface area contributed by atoms with E-state index in [1.54, 1.807) is 0 Å². The van der Waals surface area contributed by atoms with Gasteiger partial charge in [0.1, 0.15) is 0 Å². The standard InChI is InChI=1S/C14H27NO3/c1-13(2,7-8-16)11-15-12-3-5-14(6-4-12)17-9-10-18-14/h12,15-16H,3-11H2,1-2H3. The van der Waals surface area contributed by atoms with Crippen molar-refractivity contribution < 1.29 is 14.6 Å².